The van der Waals surface area contributed by atoms with Crippen LogP contribution in [0.2, 0.25) is 0 Å². The van der Waals surface area contributed by atoms with Crippen LogP contribution in [0.5, 0.6) is 0 Å². The van der Waals surface area contributed by atoms with Crippen LogP contribution in [-0.2, 0) is 5.41 Å². The van der Waals surface area contributed by atoms with Crippen LogP contribution in [0.3, 0.4) is 0 Å². The lowest BCUT2D eigenvalue weighted by atomic mass is 9.86. The van der Waals surface area contributed by atoms with E-state index in [-0.39, 0.29) is 5.41 Å². The molecule has 1 aliphatic heterocycles. The molecule has 1 saturated heterocycles. The summed E-state index contributed by atoms with van der Waals surface area (Å²) in [7, 11) is 0. The maximum Gasteiger partial charge on any atom is 0.128 e. The van der Waals surface area contributed by atoms with Crippen molar-refractivity contribution in [1.29, 1.82) is 5.41 Å². The summed E-state index contributed by atoms with van der Waals surface area (Å²) in [5.74, 6) is 0.642. The Hall–Kier alpha value is -2.29. The maximum absolute atomic E-state index is 8.53. The van der Waals surface area contributed by atoms with E-state index in [1.165, 1.54) is 11.3 Å². The van der Waals surface area contributed by atoms with Gasteiger partial charge in [-0.25, -0.2) is 0 Å². The van der Waals surface area contributed by atoms with Crippen molar-refractivity contribution in [2.75, 3.05) is 31.1 Å². The largest absolute Gasteiger partial charge is 0.368 e. The summed E-state index contributed by atoms with van der Waals surface area (Å²) in [6, 6.07) is 19.0. The molecule has 0 aliphatic carbocycles. The third-order valence-electron chi connectivity index (χ3n) is 4.74. The molecule has 24 heavy (non-hydrogen) atoms. The second-order valence-corrected chi connectivity index (χ2v) is 7.49. The number of nitrogens with zero attached hydrogens (tertiary/aromatic N) is 2. The zero-order valence-corrected chi connectivity index (χ0v) is 14.9. The second kappa shape index (κ2) is 6.68. The van der Waals surface area contributed by atoms with Crippen LogP contribution < -0.4 is 4.90 Å². The van der Waals surface area contributed by atoms with E-state index in [0.717, 1.165) is 31.7 Å². The molecule has 1 N–H and O–H groups in total. The molecular weight excluding hydrogens is 294 g/mol. The lowest BCUT2D eigenvalue weighted by Gasteiger charge is -2.37. The third kappa shape index (κ3) is 3.61. The highest BCUT2D eigenvalue weighted by molar-refractivity contribution is 5.96. The van der Waals surface area contributed by atoms with E-state index in [0.29, 0.717) is 5.84 Å². The number of hydrogen-bond acceptors (Lipinski definition) is 2. The van der Waals surface area contributed by atoms with Crippen molar-refractivity contribution < 1.29 is 0 Å². The highest BCUT2D eigenvalue weighted by atomic mass is 15.3. The van der Waals surface area contributed by atoms with Gasteiger partial charge >= 0.3 is 0 Å². The van der Waals surface area contributed by atoms with Crippen LogP contribution >= 0.6 is 0 Å². The molecule has 1 aliphatic rings. The molecule has 1 fully saturated rings. The Balaban J connectivity index is 1.63. The van der Waals surface area contributed by atoms with E-state index >= 15 is 0 Å². The number of piperazine rings is 1. The first-order chi connectivity index (χ1) is 11.4. The Morgan fingerprint density at radius 3 is 1.96 bits per heavy atom. The smallest absolute Gasteiger partial charge is 0.128 e. The maximum atomic E-state index is 8.53. The van der Waals surface area contributed by atoms with Crippen LogP contribution in [0.1, 0.15) is 31.9 Å². The summed E-state index contributed by atoms with van der Waals surface area (Å²) in [4.78, 5) is 4.58. The predicted molar refractivity (Wildman–Crippen MR) is 102 cm³/mol. The first-order valence-corrected chi connectivity index (χ1v) is 8.69. The van der Waals surface area contributed by atoms with E-state index in [9.17, 15) is 0 Å². The predicted octanol–water partition coefficient (Wildman–Crippen LogP) is 4.13. The minimum atomic E-state index is 0.155. The highest BCUT2D eigenvalue weighted by Crippen LogP contribution is 2.23. The van der Waals surface area contributed by atoms with Crippen LogP contribution in [-0.4, -0.2) is 36.9 Å². The van der Waals surface area contributed by atoms with E-state index in [4.69, 9.17) is 5.41 Å². The fraction of sp³-hybridized carbons (Fsp3) is 0.381. The second-order valence-electron chi connectivity index (χ2n) is 7.49. The van der Waals surface area contributed by atoms with Crippen LogP contribution in [0.25, 0.3) is 0 Å². The van der Waals surface area contributed by atoms with Gasteiger partial charge < -0.3 is 9.80 Å². The molecule has 0 amide bonds. The number of hydrogen-bond donors (Lipinski definition) is 1. The van der Waals surface area contributed by atoms with E-state index < -0.39 is 0 Å². The summed E-state index contributed by atoms with van der Waals surface area (Å²) in [5.41, 5.74) is 3.75. The van der Waals surface area contributed by atoms with Crippen molar-refractivity contribution in [3.63, 3.8) is 0 Å². The quantitative estimate of drug-likeness (QED) is 0.666. The van der Waals surface area contributed by atoms with Crippen LogP contribution in [0.15, 0.2) is 54.6 Å². The fourth-order valence-corrected chi connectivity index (χ4v) is 3.14. The van der Waals surface area contributed by atoms with E-state index in [1.807, 2.05) is 0 Å². The average Bonchev–Trinajstić information content (AvgIpc) is 2.61. The SMILES string of the molecule is CC(C)(C)c1ccc(C(=N)N2CCN(c3ccccc3)CC2)cc1. The molecule has 0 unspecified atom stereocenters. The van der Waals surface area contributed by atoms with Gasteiger partial charge in [-0.3, -0.25) is 5.41 Å². The van der Waals surface area contributed by atoms with E-state index in [2.05, 4.69) is 85.2 Å². The molecule has 0 bridgehead atoms. The molecule has 2 aromatic rings. The van der Waals surface area contributed by atoms with Crippen molar-refractivity contribution in [1.82, 2.24) is 4.90 Å². The molecule has 0 radical (unpaired) electrons. The zero-order valence-electron chi connectivity index (χ0n) is 14.9. The van der Waals surface area contributed by atoms with Gasteiger partial charge in [0.2, 0.25) is 0 Å². The van der Waals surface area contributed by atoms with Crippen molar-refractivity contribution in [3.8, 4) is 0 Å². The molecule has 0 spiro atoms. The van der Waals surface area contributed by atoms with Gasteiger partial charge in [0.15, 0.2) is 0 Å². The first-order valence-electron chi connectivity index (χ1n) is 8.69. The first kappa shape index (κ1) is 16.6. The molecule has 0 aromatic heterocycles. The summed E-state index contributed by atoms with van der Waals surface area (Å²) < 4.78 is 0. The minimum Gasteiger partial charge on any atom is -0.368 e. The highest BCUT2D eigenvalue weighted by Gasteiger charge is 2.20. The van der Waals surface area contributed by atoms with Crippen LogP contribution in [0.4, 0.5) is 5.69 Å². The van der Waals surface area contributed by atoms with Gasteiger partial charge in [-0.15, -0.1) is 0 Å². The fourth-order valence-electron chi connectivity index (χ4n) is 3.14. The minimum absolute atomic E-state index is 0.155. The third-order valence-corrected chi connectivity index (χ3v) is 4.74. The molecule has 0 atom stereocenters. The van der Waals surface area contributed by atoms with Gasteiger partial charge in [0.05, 0.1) is 0 Å². The number of amidine groups is 1. The Labute approximate surface area is 145 Å². The molecule has 3 nitrogen and oxygen atoms in total. The number of nitrogens with one attached hydrogen (secondary N) is 1. The number of para-hydroxylation sites is 1. The van der Waals surface area contributed by atoms with Crippen molar-refractivity contribution in [3.05, 3.63) is 65.7 Å². The van der Waals surface area contributed by atoms with Gasteiger partial charge in [-0.1, -0.05) is 63.2 Å². The Kier molecular flexibility index (Phi) is 4.61. The number of rotatable bonds is 2. The molecule has 3 heteroatoms. The lowest BCUT2D eigenvalue weighted by Crippen LogP contribution is -2.48. The summed E-state index contributed by atoms with van der Waals surface area (Å²) in [6.07, 6.45) is 0. The molecule has 2 aromatic carbocycles. The Bertz CT molecular complexity index is 675. The van der Waals surface area contributed by atoms with Gasteiger partial charge in [-0.2, -0.15) is 0 Å². The average molecular weight is 321 g/mol. The number of benzene rings is 2. The van der Waals surface area contributed by atoms with Gasteiger partial charge in [-0.05, 0) is 23.1 Å². The lowest BCUT2D eigenvalue weighted by molar-refractivity contribution is 0.384. The van der Waals surface area contributed by atoms with Gasteiger partial charge in [0.25, 0.3) is 0 Å². The van der Waals surface area contributed by atoms with Crippen molar-refractivity contribution in [2.45, 2.75) is 26.2 Å². The summed E-state index contributed by atoms with van der Waals surface area (Å²) >= 11 is 0. The Morgan fingerprint density at radius 1 is 0.833 bits per heavy atom. The molecule has 126 valence electrons. The van der Waals surface area contributed by atoms with Crippen molar-refractivity contribution >= 4 is 11.5 Å². The molecule has 0 saturated carbocycles. The molecule has 1 heterocycles. The normalized spacial score (nSPS) is 15.5. The van der Waals surface area contributed by atoms with Gasteiger partial charge in [0.1, 0.15) is 5.84 Å². The number of anilines is 1. The standard InChI is InChI=1S/C21H27N3/c1-21(2,3)18-11-9-17(10-12-18)20(22)24-15-13-23(14-16-24)19-7-5-4-6-8-19/h4-12,22H,13-16H2,1-3H3. The van der Waals surface area contributed by atoms with E-state index in [1.54, 1.807) is 0 Å². The molecular formula is C21H27N3. The molecule has 3 rings (SSSR count). The van der Waals surface area contributed by atoms with Crippen LogP contribution in [0, 0.1) is 5.41 Å². The van der Waals surface area contributed by atoms with Crippen molar-refractivity contribution in [2.24, 2.45) is 0 Å². The zero-order chi connectivity index (χ0) is 17.2. The summed E-state index contributed by atoms with van der Waals surface area (Å²) in [6.45, 7) is 10.4. The topological polar surface area (TPSA) is 30.3 Å². The monoisotopic (exact) mass is 321 g/mol. The summed E-state index contributed by atoms with van der Waals surface area (Å²) in [5, 5.41) is 8.53. The van der Waals surface area contributed by atoms with Gasteiger partial charge in [0, 0.05) is 37.4 Å². The Morgan fingerprint density at radius 2 is 1.42 bits per heavy atom.